The van der Waals surface area contributed by atoms with Gasteiger partial charge >= 0.3 is 0 Å². The molecule has 2 aromatic rings. The number of nitrogens with zero attached hydrogens (tertiary/aromatic N) is 2. The van der Waals surface area contributed by atoms with E-state index in [-0.39, 0.29) is 0 Å². The van der Waals surface area contributed by atoms with Gasteiger partial charge in [0.25, 0.3) is 0 Å². The van der Waals surface area contributed by atoms with Crippen molar-refractivity contribution in [2.75, 3.05) is 0 Å². The van der Waals surface area contributed by atoms with Crippen LogP contribution in [0.15, 0.2) is 36.7 Å². The Morgan fingerprint density at radius 2 is 1.48 bits per heavy atom. The van der Waals surface area contributed by atoms with Crippen LogP contribution < -0.4 is 0 Å². The summed E-state index contributed by atoms with van der Waals surface area (Å²) in [5.41, 5.74) is 3.58. The maximum atomic E-state index is 4.30. The Bertz CT molecular complexity index is 630. The smallest absolute Gasteiger partial charge is 0.205 e. The molecule has 0 spiro atoms. The summed E-state index contributed by atoms with van der Waals surface area (Å²) in [6, 6.07) is 8.55. The summed E-state index contributed by atoms with van der Waals surface area (Å²) < 4.78 is 0. The molecular formula is C21H26N2. The molecular weight excluding hydrogens is 280 g/mol. The summed E-state index contributed by atoms with van der Waals surface area (Å²) in [5.74, 6) is 6.77. The van der Waals surface area contributed by atoms with Crippen molar-refractivity contribution < 1.29 is 0 Å². The fraction of sp³-hybridized carbons (Fsp3) is 0.429. The lowest BCUT2D eigenvalue weighted by atomic mass is 10.0. The van der Waals surface area contributed by atoms with Gasteiger partial charge in [-0.05, 0) is 48.4 Å². The van der Waals surface area contributed by atoms with Gasteiger partial charge in [0, 0.05) is 18.0 Å². The number of hydrogen-bond donors (Lipinski definition) is 0. The third-order valence-electron chi connectivity index (χ3n) is 3.84. The van der Waals surface area contributed by atoms with Crippen LogP contribution in [0.3, 0.4) is 0 Å². The van der Waals surface area contributed by atoms with E-state index >= 15 is 0 Å². The number of benzene rings is 1. The van der Waals surface area contributed by atoms with E-state index in [0.717, 1.165) is 24.8 Å². The van der Waals surface area contributed by atoms with E-state index in [2.05, 4.69) is 59.9 Å². The molecule has 0 N–H and O–H groups in total. The summed E-state index contributed by atoms with van der Waals surface area (Å²) in [4.78, 5) is 8.61. The van der Waals surface area contributed by atoms with E-state index in [9.17, 15) is 0 Å². The van der Waals surface area contributed by atoms with Crippen molar-refractivity contribution in [2.24, 2.45) is 0 Å². The Labute approximate surface area is 140 Å². The van der Waals surface area contributed by atoms with Crippen molar-refractivity contribution in [1.29, 1.82) is 0 Å². The molecule has 0 aliphatic carbocycles. The molecule has 0 aliphatic heterocycles. The molecule has 0 fully saturated rings. The third-order valence-corrected chi connectivity index (χ3v) is 3.84. The fourth-order valence-corrected chi connectivity index (χ4v) is 2.48. The molecule has 0 saturated carbocycles. The lowest BCUT2D eigenvalue weighted by Crippen LogP contribution is -1.92. The average Bonchev–Trinajstić information content (AvgIpc) is 2.59. The Kier molecular flexibility index (Phi) is 7.33. The number of aromatic nitrogens is 2. The quantitative estimate of drug-likeness (QED) is 0.534. The molecule has 1 heterocycles. The first-order valence-electron chi connectivity index (χ1n) is 8.73. The zero-order valence-corrected chi connectivity index (χ0v) is 14.3. The molecule has 0 saturated heterocycles. The average molecular weight is 306 g/mol. The van der Waals surface area contributed by atoms with E-state index in [1.807, 2.05) is 12.4 Å². The van der Waals surface area contributed by atoms with Gasteiger partial charge in [0.2, 0.25) is 5.82 Å². The van der Waals surface area contributed by atoms with Gasteiger partial charge in [-0.1, -0.05) is 57.6 Å². The molecule has 0 unspecified atom stereocenters. The minimum absolute atomic E-state index is 0.591. The van der Waals surface area contributed by atoms with Crippen molar-refractivity contribution >= 4 is 0 Å². The van der Waals surface area contributed by atoms with E-state index in [4.69, 9.17) is 0 Å². The summed E-state index contributed by atoms with van der Waals surface area (Å²) in [6.45, 7) is 4.40. The Morgan fingerprint density at radius 3 is 2.13 bits per heavy atom. The van der Waals surface area contributed by atoms with Crippen LogP contribution >= 0.6 is 0 Å². The standard InChI is InChI=1S/C21H26N2/c1-3-5-6-7-9-18-10-12-19(13-11-18)14-15-21-22-16-20(8-4-2)17-23-21/h10-13,16-17H,3-9H2,1-2H3. The van der Waals surface area contributed by atoms with Crippen LogP contribution in [0.2, 0.25) is 0 Å². The molecule has 1 aromatic heterocycles. The number of aryl methyl sites for hydroxylation is 2. The van der Waals surface area contributed by atoms with Gasteiger partial charge in [-0.3, -0.25) is 0 Å². The fourth-order valence-electron chi connectivity index (χ4n) is 2.48. The van der Waals surface area contributed by atoms with Crippen LogP contribution in [0.5, 0.6) is 0 Å². The van der Waals surface area contributed by atoms with Gasteiger partial charge in [-0.15, -0.1) is 0 Å². The zero-order chi connectivity index (χ0) is 16.3. The van der Waals surface area contributed by atoms with Crippen molar-refractivity contribution in [3.63, 3.8) is 0 Å². The summed E-state index contributed by atoms with van der Waals surface area (Å²) in [6.07, 6.45) is 12.3. The molecule has 0 atom stereocenters. The molecule has 23 heavy (non-hydrogen) atoms. The number of hydrogen-bond acceptors (Lipinski definition) is 2. The van der Waals surface area contributed by atoms with Crippen LogP contribution in [0.1, 0.15) is 68.5 Å². The number of unbranched alkanes of at least 4 members (excludes halogenated alkanes) is 3. The summed E-state index contributed by atoms with van der Waals surface area (Å²) in [7, 11) is 0. The van der Waals surface area contributed by atoms with E-state index < -0.39 is 0 Å². The van der Waals surface area contributed by atoms with E-state index in [1.54, 1.807) is 0 Å². The molecule has 2 rings (SSSR count). The highest BCUT2D eigenvalue weighted by Gasteiger charge is 1.96. The van der Waals surface area contributed by atoms with Gasteiger partial charge in [0.1, 0.15) is 0 Å². The second kappa shape index (κ2) is 9.79. The molecule has 0 amide bonds. The maximum Gasteiger partial charge on any atom is 0.205 e. The second-order valence-corrected chi connectivity index (χ2v) is 5.92. The van der Waals surface area contributed by atoms with Crippen LogP contribution in [0, 0.1) is 11.8 Å². The minimum atomic E-state index is 0.591. The Hall–Kier alpha value is -2.14. The lowest BCUT2D eigenvalue weighted by Gasteiger charge is -2.01. The Balaban J connectivity index is 1.90. The molecule has 120 valence electrons. The largest absolute Gasteiger partial charge is 0.229 e. The van der Waals surface area contributed by atoms with Crippen LogP contribution in [-0.2, 0) is 12.8 Å². The molecule has 0 aliphatic rings. The van der Waals surface area contributed by atoms with E-state index in [1.165, 1.54) is 36.8 Å². The minimum Gasteiger partial charge on any atom is -0.229 e. The first-order chi connectivity index (χ1) is 11.3. The van der Waals surface area contributed by atoms with Crippen molar-refractivity contribution in [1.82, 2.24) is 9.97 Å². The van der Waals surface area contributed by atoms with Gasteiger partial charge in [-0.25, -0.2) is 9.97 Å². The summed E-state index contributed by atoms with van der Waals surface area (Å²) in [5, 5.41) is 0. The van der Waals surface area contributed by atoms with Gasteiger partial charge < -0.3 is 0 Å². The summed E-state index contributed by atoms with van der Waals surface area (Å²) >= 11 is 0. The number of rotatable bonds is 7. The molecule has 2 heteroatoms. The van der Waals surface area contributed by atoms with Crippen molar-refractivity contribution in [3.05, 3.63) is 59.2 Å². The molecule has 1 aromatic carbocycles. The Morgan fingerprint density at radius 1 is 0.739 bits per heavy atom. The molecule has 0 radical (unpaired) electrons. The lowest BCUT2D eigenvalue weighted by molar-refractivity contribution is 0.667. The van der Waals surface area contributed by atoms with Crippen molar-refractivity contribution in [2.45, 2.75) is 58.8 Å². The second-order valence-electron chi connectivity index (χ2n) is 5.92. The SMILES string of the molecule is CCCCCCc1ccc(C#Cc2ncc(CCC)cn2)cc1. The van der Waals surface area contributed by atoms with Crippen LogP contribution in [-0.4, -0.2) is 9.97 Å². The van der Waals surface area contributed by atoms with Crippen molar-refractivity contribution in [3.8, 4) is 11.8 Å². The topological polar surface area (TPSA) is 25.8 Å². The predicted molar refractivity (Wildman–Crippen MR) is 96.3 cm³/mol. The highest BCUT2D eigenvalue weighted by molar-refractivity contribution is 5.39. The maximum absolute atomic E-state index is 4.30. The predicted octanol–water partition coefficient (Wildman–Crippen LogP) is 4.95. The first-order valence-corrected chi connectivity index (χ1v) is 8.73. The van der Waals surface area contributed by atoms with E-state index in [0.29, 0.717) is 5.82 Å². The highest BCUT2D eigenvalue weighted by Crippen LogP contribution is 2.09. The first kappa shape index (κ1) is 17.2. The molecule has 2 nitrogen and oxygen atoms in total. The monoisotopic (exact) mass is 306 g/mol. The normalized spacial score (nSPS) is 10.2. The highest BCUT2D eigenvalue weighted by atomic mass is 14.8. The van der Waals surface area contributed by atoms with Gasteiger partial charge in [-0.2, -0.15) is 0 Å². The van der Waals surface area contributed by atoms with Gasteiger partial charge in [0.05, 0.1) is 0 Å². The van der Waals surface area contributed by atoms with Gasteiger partial charge in [0.15, 0.2) is 0 Å². The van der Waals surface area contributed by atoms with Crippen LogP contribution in [0.25, 0.3) is 0 Å². The third kappa shape index (κ3) is 6.24. The molecule has 0 bridgehead atoms. The zero-order valence-electron chi connectivity index (χ0n) is 14.3. The van der Waals surface area contributed by atoms with Crippen LogP contribution in [0.4, 0.5) is 0 Å².